The molecule has 0 radical (unpaired) electrons. The van der Waals surface area contributed by atoms with E-state index < -0.39 is 0 Å². The lowest BCUT2D eigenvalue weighted by molar-refractivity contribution is -0.119. The summed E-state index contributed by atoms with van der Waals surface area (Å²) in [4.78, 5) is 16.3. The lowest BCUT2D eigenvalue weighted by Crippen LogP contribution is -2.30. The van der Waals surface area contributed by atoms with E-state index in [1.165, 1.54) is 12.5 Å². The van der Waals surface area contributed by atoms with Crippen LogP contribution in [-0.4, -0.2) is 30.8 Å². The Kier molecular flexibility index (Phi) is 4.53. The number of nitrogens with one attached hydrogen (secondary N) is 2. The van der Waals surface area contributed by atoms with E-state index in [0.717, 1.165) is 30.7 Å². The van der Waals surface area contributed by atoms with Crippen LogP contribution in [0.3, 0.4) is 0 Å². The van der Waals surface area contributed by atoms with E-state index in [4.69, 9.17) is 4.84 Å². The van der Waals surface area contributed by atoms with Gasteiger partial charge >= 0.3 is 0 Å². The van der Waals surface area contributed by atoms with Crippen LogP contribution in [0.25, 0.3) is 0 Å². The first kappa shape index (κ1) is 14.8. The highest BCUT2D eigenvalue weighted by molar-refractivity contribution is 6.01. The lowest BCUT2D eigenvalue weighted by atomic mass is 9.98. The highest BCUT2D eigenvalue weighted by atomic mass is 16.6. The molecule has 0 aromatic heterocycles. The summed E-state index contributed by atoms with van der Waals surface area (Å²) in [5, 5.41) is 10.4. The van der Waals surface area contributed by atoms with Crippen LogP contribution >= 0.6 is 0 Å². The number of nitrogens with zero attached hydrogens (tertiary/aromatic N) is 1. The summed E-state index contributed by atoms with van der Waals surface area (Å²) in [5.74, 6) is -0.0459. The summed E-state index contributed by atoms with van der Waals surface area (Å²) in [5.41, 5.74) is 3.32. The predicted molar refractivity (Wildman–Crippen MR) is 85.7 cm³/mol. The number of hydrogen-bond acceptors (Lipinski definition) is 4. The fraction of sp³-hybridized carbons (Fsp3) is 0.412. The Balaban J connectivity index is 1.59. The molecule has 1 amide bonds. The molecule has 2 N–H and O–H groups in total. The summed E-state index contributed by atoms with van der Waals surface area (Å²) >= 11 is 0. The molecule has 1 aromatic carbocycles. The molecule has 0 spiro atoms. The number of amides is 1. The smallest absolute Gasteiger partial charge is 0.217 e. The van der Waals surface area contributed by atoms with Crippen molar-refractivity contribution in [2.24, 2.45) is 5.16 Å². The molecule has 3 rings (SSSR count). The summed E-state index contributed by atoms with van der Waals surface area (Å²) in [7, 11) is 0. The molecule has 5 nitrogen and oxygen atoms in total. The third-order valence-electron chi connectivity index (χ3n) is 3.98. The summed E-state index contributed by atoms with van der Waals surface area (Å²) in [6.07, 6.45) is 6.07. The van der Waals surface area contributed by atoms with Gasteiger partial charge < -0.3 is 15.5 Å². The van der Waals surface area contributed by atoms with Crippen molar-refractivity contribution < 1.29 is 9.63 Å². The van der Waals surface area contributed by atoms with Crippen LogP contribution < -0.4 is 10.6 Å². The zero-order chi connectivity index (χ0) is 15.4. The van der Waals surface area contributed by atoms with Gasteiger partial charge in [-0.2, -0.15) is 0 Å². The normalized spacial score (nSPS) is 23.8. The van der Waals surface area contributed by atoms with Gasteiger partial charge in [0, 0.05) is 25.9 Å². The maximum absolute atomic E-state index is 10.9. The van der Waals surface area contributed by atoms with Gasteiger partial charge in [0.25, 0.3) is 0 Å². The van der Waals surface area contributed by atoms with Crippen molar-refractivity contribution in [1.82, 2.24) is 10.6 Å². The topological polar surface area (TPSA) is 62.7 Å². The van der Waals surface area contributed by atoms with E-state index in [1.54, 1.807) is 0 Å². The number of carbonyl (C=O) groups excluding carboxylic acids is 1. The van der Waals surface area contributed by atoms with Crippen molar-refractivity contribution in [2.75, 3.05) is 13.1 Å². The van der Waals surface area contributed by atoms with Crippen molar-refractivity contribution >= 4 is 11.6 Å². The molecular weight excluding hydrogens is 278 g/mol. The molecule has 2 aliphatic rings. The zero-order valence-electron chi connectivity index (χ0n) is 12.7. The van der Waals surface area contributed by atoms with E-state index in [2.05, 4.69) is 52.2 Å². The maximum atomic E-state index is 10.9. The third kappa shape index (κ3) is 3.54. The predicted octanol–water partition coefficient (Wildman–Crippen LogP) is 1.91. The fourth-order valence-corrected chi connectivity index (χ4v) is 2.74. The van der Waals surface area contributed by atoms with Crippen LogP contribution in [0.15, 0.2) is 41.6 Å². The van der Waals surface area contributed by atoms with E-state index >= 15 is 0 Å². The first-order valence-electron chi connectivity index (χ1n) is 7.68. The van der Waals surface area contributed by atoms with Gasteiger partial charge in [0.2, 0.25) is 5.91 Å². The van der Waals surface area contributed by atoms with Crippen LogP contribution in [0.1, 0.15) is 36.9 Å². The quantitative estimate of drug-likeness (QED) is 0.835. The van der Waals surface area contributed by atoms with Crippen LogP contribution in [-0.2, 0) is 9.63 Å². The highest BCUT2D eigenvalue weighted by Gasteiger charge is 2.22. The van der Waals surface area contributed by atoms with Gasteiger partial charge in [-0.05, 0) is 17.5 Å². The molecule has 0 fully saturated rings. The molecule has 2 aliphatic heterocycles. The van der Waals surface area contributed by atoms with Crippen molar-refractivity contribution in [2.45, 2.75) is 31.9 Å². The second kappa shape index (κ2) is 6.75. The van der Waals surface area contributed by atoms with Crippen molar-refractivity contribution in [3.05, 3.63) is 47.5 Å². The summed E-state index contributed by atoms with van der Waals surface area (Å²) < 4.78 is 0. The largest absolute Gasteiger partial charge is 0.390 e. The molecule has 0 saturated heterocycles. The Morgan fingerprint density at radius 3 is 2.86 bits per heavy atom. The minimum Gasteiger partial charge on any atom is -0.390 e. The molecule has 0 saturated carbocycles. The Morgan fingerprint density at radius 1 is 1.36 bits per heavy atom. The van der Waals surface area contributed by atoms with Gasteiger partial charge in [0.15, 0.2) is 0 Å². The van der Waals surface area contributed by atoms with E-state index in [9.17, 15) is 4.79 Å². The summed E-state index contributed by atoms with van der Waals surface area (Å²) in [6.45, 7) is 2.93. The molecule has 116 valence electrons. The van der Waals surface area contributed by atoms with Crippen molar-refractivity contribution in [3.63, 3.8) is 0 Å². The van der Waals surface area contributed by atoms with Gasteiger partial charge in [0.1, 0.15) is 6.10 Å². The molecular formula is C17H21N3O2. The fourth-order valence-electron chi connectivity index (χ4n) is 2.74. The Hall–Kier alpha value is -2.14. The molecule has 0 bridgehead atoms. The average molecular weight is 299 g/mol. The molecule has 2 heterocycles. The third-order valence-corrected chi connectivity index (χ3v) is 3.98. The van der Waals surface area contributed by atoms with Crippen molar-refractivity contribution in [1.29, 1.82) is 0 Å². The van der Waals surface area contributed by atoms with Crippen LogP contribution in [0.2, 0.25) is 0 Å². The monoisotopic (exact) mass is 299 g/mol. The van der Waals surface area contributed by atoms with E-state index in [0.29, 0.717) is 12.6 Å². The van der Waals surface area contributed by atoms with Gasteiger partial charge in [-0.25, -0.2) is 0 Å². The van der Waals surface area contributed by atoms with Gasteiger partial charge in [-0.1, -0.05) is 41.6 Å². The van der Waals surface area contributed by atoms with Gasteiger partial charge in [-0.15, -0.1) is 0 Å². The molecule has 1 unspecified atom stereocenters. The number of oxime groups is 1. The van der Waals surface area contributed by atoms with E-state index in [1.807, 2.05) is 0 Å². The maximum Gasteiger partial charge on any atom is 0.217 e. The standard InChI is InChI=1S/C17H21N3O2/c1-12(21)19-11-15-10-17(20-22-15)14-7-5-13(6-8-14)16-4-2-3-9-18-16/h2-3,5-8,15-16,18H,4,9-11H2,1H3,(H,19,21)/t15-,16?/m1/s1. The molecule has 5 heteroatoms. The first-order chi connectivity index (χ1) is 10.7. The number of carbonyl (C=O) groups is 1. The number of rotatable bonds is 4. The Bertz CT molecular complexity index is 592. The minimum atomic E-state index is -0.0660. The van der Waals surface area contributed by atoms with Crippen LogP contribution in [0.5, 0.6) is 0 Å². The number of benzene rings is 1. The second-order valence-corrected chi connectivity index (χ2v) is 5.70. The molecule has 22 heavy (non-hydrogen) atoms. The highest BCUT2D eigenvalue weighted by Crippen LogP contribution is 2.22. The summed E-state index contributed by atoms with van der Waals surface area (Å²) in [6, 6.07) is 8.88. The molecule has 0 aliphatic carbocycles. The second-order valence-electron chi connectivity index (χ2n) is 5.70. The van der Waals surface area contributed by atoms with Gasteiger partial charge in [0.05, 0.1) is 12.3 Å². The van der Waals surface area contributed by atoms with Crippen molar-refractivity contribution in [3.8, 4) is 0 Å². The molecule has 1 aromatic rings. The Labute approximate surface area is 130 Å². The Morgan fingerprint density at radius 2 is 2.18 bits per heavy atom. The zero-order valence-corrected chi connectivity index (χ0v) is 12.7. The molecule has 2 atom stereocenters. The van der Waals surface area contributed by atoms with Gasteiger partial charge in [-0.3, -0.25) is 4.79 Å². The average Bonchev–Trinajstić information content (AvgIpc) is 3.03. The minimum absolute atomic E-state index is 0.0459. The lowest BCUT2D eigenvalue weighted by Gasteiger charge is -2.20. The number of hydrogen-bond donors (Lipinski definition) is 2. The van der Waals surface area contributed by atoms with Crippen LogP contribution in [0.4, 0.5) is 0 Å². The van der Waals surface area contributed by atoms with E-state index in [-0.39, 0.29) is 12.0 Å². The van der Waals surface area contributed by atoms with Crippen LogP contribution in [0, 0.1) is 0 Å². The SMILES string of the molecule is CC(=O)NC[C@H]1CC(c2ccc(C3CC=CCN3)cc2)=NO1. The first-order valence-corrected chi connectivity index (χ1v) is 7.68.